The van der Waals surface area contributed by atoms with Crippen LogP contribution in [-0.2, 0) is 12.8 Å². The van der Waals surface area contributed by atoms with Gasteiger partial charge in [-0.15, -0.1) is 0 Å². The van der Waals surface area contributed by atoms with Gasteiger partial charge in [-0.05, 0) is 140 Å². The van der Waals surface area contributed by atoms with Gasteiger partial charge >= 0.3 is 0 Å². The summed E-state index contributed by atoms with van der Waals surface area (Å²) < 4.78 is 2.45. The molecule has 0 radical (unpaired) electrons. The largest absolute Gasteiger partial charge is 0.335 e. The molecule has 0 saturated heterocycles. The zero-order valence-corrected chi connectivity index (χ0v) is 36.8. The molecule has 316 valence electrons. The maximum absolute atomic E-state index is 3.87. The third-order valence-corrected chi connectivity index (χ3v) is 12.5. The highest BCUT2D eigenvalue weighted by atomic mass is 15.2. The first-order valence-corrected chi connectivity index (χ1v) is 22.6. The van der Waals surface area contributed by atoms with Crippen molar-refractivity contribution in [1.82, 2.24) is 4.57 Å². The molecule has 2 heterocycles. The highest BCUT2D eigenvalue weighted by molar-refractivity contribution is 5.95. The highest BCUT2D eigenvalue weighted by Gasteiger charge is 2.25. The van der Waals surface area contributed by atoms with E-state index in [1.165, 1.54) is 56.0 Å². The molecular weight excluding hydrogens is 789 g/mol. The van der Waals surface area contributed by atoms with Gasteiger partial charge in [-0.3, -0.25) is 0 Å². The molecule has 1 aromatic heterocycles. The summed E-state index contributed by atoms with van der Waals surface area (Å²) in [5.74, 6) is 0. The molecule has 8 aromatic rings. The molecule has 1 aliphatic carbocycles. The fourth-order valence-electron chi connectivity index (χ4n) is 9.42. The van der Waals surface area contributed by atoms with Crippen LogP contribution in [0.2, 0.25) is 0 Å². The van der Waals surface area contributed by atoms with Gasteiger partial charge in [0.1, 0.15) is 0 Å². The molecule has 0 fully saturated rings. The van der Waals surface area contributed by atoms with Crippen LogP contribution in [0.25, 0.3) is 33.8 Å². The van der Waals surface area contributed by atoms with Gasteiger partial charge in [-0.1, -0.05) is 146 Å². The van der Waals surface area contributed by atoms with E-state index >= 15 is 0 Å². The number of allylic oxidation sites excluding steroid dienone is 8. The topological polar surface area (TPSA) is 14.7 Å². The Morgan fingerprint density at radius 1 is 0.585 bits per heavy atom. The van der Waals surface area contributed by atoms with Crippen LogP contribution in [0.4, 0.5) is 34.1 Å². The fourth-order valence-corrected chi connectivity index (χ4v) is 9.42. The minimum atomic E-state index is 0.180. The number of hydrogen-bond donors (Lipinski definition) is 0. The van der Waals surface area contributed by atoms with Crippen molar-refractivity contribution in [2.75, 3.05) is 14.7 Å². The molecule has 65 heavy (non-hydrogen) atoms. The van der Waals surface area contributed by atoms with Crippen molar-refractivity contribution in [3.05, 3.63) is 266 Å². The lowest BCUT2D eigenvalue weighted by Gasteiger charge is -2.32. The molecule has 4 nitrogen and oxygen atoms in total. The summed E-state index contributed by atoms with van der Waals surface area (Å²) in [7, 11) is 0. The standard InChI is InChI=1S/C61H52N4/c1-3-4-5-20-43-62(55-39-41-59-49(44-55)22-11-6-10-21-46(2)63(59)51-23-12-7-13-24-51)50-35-31-47(32-36-50)48-33-37-54(38-34-48)64(52-25-14-8-15-26-52)56-40-42-61-58(45-56)57-29-18-19-30-60(57)65(61)53-27-16-9-17-28-53/h3-21,23-39,41,43-46H,1,22,40,42H2,2H3/b5-4-,11-6-,21-10-,43-20-. The minimum Gasteiger partial charge on any atom is -0.335 e. The number of nitrogens with zero attached hydrogens (tertiary/aromatic N) is 4. The van der Waals surface area contributed by atoms with Gasteiger partial charge in [0.2, 0.25) is 0 Å². The van der Waals surface area contributed by atoms with Crippen molar-refractivity contribution < 1.29 is 0 Å². The van der Waals surface area contributed by atoms with Crippen LogP contribution >= 0.6 is 0 Å². The third-order valence-electron chi connectivity index (χ3n) is 12.5. The van der Waals surface area contributed by atoms with Crippen molar-refractivity contribution in [3.63, 3.8) is 0 Å². The molecule has 7 aromatic carbocycles. The second kappa shape index (κ2) is 18.7. The lowest BCUT2D eigenvalue weighted by molar-refractivity contribution is 0.838. The van der Waals surface area contributed by atoms with Gasteiger partial charge < -0.3 is 19.3 Å². The zero-order chi connectivity index (χ0) is 44.0. The average molecular weight is 841 g/mol. The van der Waals surface area contributed by atoms with Gasteiger partial charge in [0.05, 0.1) is 5.52 Å². The summed E-state index contributed by atoms with van der Waals surface area (Å²) >= 11 is 0. The molecule has 10 rings (SSSR count). The molecule has 0 N–H and O–H groups in total. The first kappa shape index (κ1) is 41.0. The first-order chi connectivity index (χ1) is 32.1. The Morgan fingerprint density at radius 2 is 1.22 bits per heavy atom. The molecular formula is C61H52N4. The monoisotopic (exact) mass is 840 g/mol. The van der Waals surface area contributed by atoms with E-state index in [1.807, 2.05) is 12.2 Å². The van der Waals surface area contributed by atoms with E-state index in [2.05, 4.69) is 257 Å². The highest BCUT2D eigenvalue weighted by Crippen LogP contribution is 2.42. The molecule has 4 heteroatoms. The Bertz CT molecular complexity index is 3080. The first-order valence-electron chi connectivity index (χ1n) is 22.6. The Morgan fingerprint density at radius 3 is 1.94 bits per heavy atom. The molecule has 1 unspecified atom stereocenters. The molecule has 0 amide bonds. The molecule has 0 bridgehead atoms. The van der Waals surface area contributed by atoms with E-state index in [0.717, 1.165) is 47.6 Å². The zero-order valence-electron chi connectivity index (χ0n) is 36.8. The van der Waals surface area contributed by atoms with E-state index < -0.39 is 0 Å². The average Bonchev–Trinajstić information content (AvgIpc) is 3.72. The van der Waals surface area contributed by atoms with E-state index in [9.17, 15) is 0 Å². The summed E-state index contributed by atoms with van der Waals surface area (Å²) in [4.78, 5) is 7.14. The number of para-hydroxylation sites is 4. The van der Waals surface area contributed by atoms with Gasteiger partial charge in [-0.25, -0.2) is 0 Å². The van der Waals surface area contributed by atoms with E-state index in [4.69, 9.17) is 0 Å². The molecule has 0 saturated carbocycles. The number of hydrogen-bond acceptors (Lipinski definition) is 3. The lowest BCUT2D eigenvalue weighted by atomic mass is 9.97. The minimum absolute atomic E-state index is 0.180. The summed E-state index contributed by atoms with van der Waals surface area (Å²) in [5.41, 5.74) is 16.9. The summed E-state index contributed by atoms with van der Waals surface area (Å²) in [6, 6.07) is 66.0. The lowest BCUT2D eigenvalue weighted by Crippen LogP contribution is -2.27. The number of rotatable bonds is 11. The third kappa shape index (κ3) is 8.42. The predicted octanol–water partition coefficient (Wildman–Crippen LogP) is 16.0. The van der Waals surface area contributed by atoms with Crippen molar-refractivity contribution in [1.29, 1.82) is 0 Å². The van der Waals surface area contributed by atoms with Crippen LogP contribution in [-0.4, -0.2) is 10.6 Å². The van der Waals surface area contributed by atoms with E-state index in [-0.39, 0.29) is 6.04 Å². The van der Waals surface area contributed by atoms with E-state index in [1.54, 1.807) is 6.08 Å². The maximum atomic E-state index is 3.87. The van der Waals surface area contributed by atoms with Crippen molar-refractivity contribution in [2.24, 2.45) is 0 Å². The maximum Gasteiger partial charge on any atom is 0.0537 e. The Kier molecular flexibility index (Phi) is 11.8. The van der Waals surface area contributed by atoms with Gasteiger partial charge in [0.25, 0.3) is 0 Å². The molecule has 2 aliphatic rings. The number of aromatic nitrogens is 1. The number of benzene rings is 7. The van der Waals surface area contributed by atoms with Crippen LogP contribution in [0.15, 0.2) is 249 Å². The predicted molar refractivity (Wildman–Crippen MR) is 277 cm³/mol. The molecule has 1 atom stereocenters. The van der Waals surface area contributed by atoms with Crippen LogP contribution in [0.5, 0.6) is 0 Å². The summed E-state index contributed by atoms with van der Waals surface area (Å²) in [6.45, 7) is 6.12. The SMILES string of the molecule is C=C/C=C\C=C/N(c1ccc(-c2ccc(N(C3=Cc4c(n(-c5ccccc5)c5ccccc45)CC3)c3ccccc3)cc2)cc1)c1ccc2c(c1)C/C=C\C=C/C(C)N2c1ccccc1. The molecule has 1 aliphatic heterocycles. The van der Waals surface area contributed by atoms with Crippen LogP contribution in [0.1, 0.15) is 30.2 Å². The Balaban J connectivity index is 0.968. The normalized spacial score (nSPS) is 15.7. The van der Waals surface area contributed by atoms with Crippen molar-refractivity contribution in [3.8, 4) is 16.8 Å². The van der Waals surface area contributed by atoms with Crippen LogP contribution in [0, 0.1) is 0 Å². The fraction of sp³-hybridized carbons (Fsp3) is 0.0820. The Hall–Kier alpha value is -8.08. The number of anilines is 6. The van der Waals surface area contributed by atoms with Gasteiger partial charge in [0, 0.05) is 74.4 Å². The summed E-state index contributed by atoms with van der Waals surface area (Å²) in [6.07, 6.45) is 23.9. The smallest absolute Gasteiger partial charge is 0.0537 e. The molecule has 0 spiro atoms. The second-order valence-electron chi connectivity index (χ2n) is 16.6. The summed E-state index contributed by atoms with van der Waals surface area (Å²) in [5, 5.41) is 1.28. The quantitative estimate of drug-likeness (QED) is 0.121. The Labute approximate surface area is 383 Å². The van der Waals surface area contributed by atoms with Crippen molar-refractivity contribution >= 4 is 51.1 Å². The number of fused-ring (bicyclic) bond motifs is 4. The van der Waals surface area contributed by atoms with E-state index in [0.29, 0.717) is 0 Å². The van der Waals surface area contributed by atoms with Crippen LogP contribution in [0.3, 0.4) is 0 Å². The van der Waals surface area contributed by atoms with Gasteiger partial charge in [0.15, 0.2) is 0 Å². The van der Waals surface area contributed by atoms with Gasteiger partial charge in [-0.2, -0.15) is 0 Å². The van der Waals surface area contributed by atoms with Crippen molar-refractivity contribution in [2.45, 2.75) is 32.2 Å². The second-order valence-corrected chi connectivity index (χ2v) is 16.6. The van der Waals surface area contributed by atoms with Crippen LogP contribution < -0.4 is 14.7 Å².